The minimum absolute atomic E-state index is 0.131. The Morgan fingerprint density at radius 3 is 2.15 bits per heavy atom. The molecule has 0 saturated carbocycles. The van der Waals surface area contributed by atoms with Crippen LogP contribution in [0, 0.1) is 0 Å². The summed E-state index contributed by atoms with van der Waals surface area (Å²) in [6, 6.07) is 29.2. The van der Waals surface area contributed by atoms with Gasteiger partial charge in [-0.05, 0) is 72.6 Å². The Bertz CT molecular complexity index is 1660. The summed E-state index contributed by atoms with van der Waals surface area (Å²) in [6.45, 7) is 1.87. The second-order valence-electron chi connectivity index (χ2n) is 8.99. The SMILES string of the molecule is C/C(=N/NC(=O)c1ccc(CN(c2ccccc2)S(C)(=O)=O)cc1)c1cccc(NC(=O)c2cccc(Cl)c2)c1. The molecule has 2 amide bonds. The molecule has 4 aromatic rings. The van der Waals surface area contributed by atoms with E-state index >= 15 is 0 Å². The minimum atomic E-state index is -3.51. The molecular weight excluding hydrogens is 548 g/mol. The van der Waals surface area contributed by atoms with E-state index in [9.17, 15) is 18.0 Å². The van der Waals surface area contributed by atoms with Crippen LogP contribution in [0.15, 0.2) is 108 Å². The molecule has 0 aliphatic rings. The van der Waals surface area contributed by atoms with Gasteiger partial charge < -0.3 is 5.32 Å². The summed E-state index contributed by atoms with van der Waals surface area (Å²) >= 11 is 5.98. The van der Waals surface area contributed by atoms with Gasteiger partial charge >= 0.3 is 0 Å². The van der Waals surface area contributed by atoms with Crippen molar-refractivity contribution < 1.29 is 18.0 Å². The van der Waals surface area contributed by atoms with Gasteiger partial charge in [0.1, 0.15) is 0 Å². The lowest BCUT2D eigenvalue weighted by Crippen LogP contribution is -2.29. The summed E-state index contributed by atoms with van der Waals surface area (Å²) in [4.78, 5) is 25.2. The summed E-state index contributed by atoms with van der Waals surface area (Å²) in [7, 11) is -3.51. The van der Waals surface area contributed by atoms with Gasteiger partial charge in [-0.2, -0.15) is 5.10 Å². The number of para-hydroxylation sites is 1. The van der Waals surface area contributed by atoms with Crippen molar-refractivity contribution in [2.75, 3.05) is 15.9 Å². The number of amides is 2. The van der Waals surface area contributed by atoms with Crippen LogP contribution >= 0.6 is 11.6 Å². The monoisotopic (exact) mass is 574 g/mol. The molecule has 204 valence electrons. The van der Waals surface area contributed by atoms with Crippen molar-refractivity contribution in [2.24, 2.45) is 5.10 Å². The molecule has 8 nitrogen and oxygen atoms in total. The van der Waals surface area contributed by atoms with Crippen molar-refractivity contribution in [1.29, 1.82) is 0 Å². The van der Waals surface area contributed by atoms with Crippen molar-refractivity contribution in [2.45, 2.75) is 13.5 Å². The molecule has 0 saturated heterocycles. The lowest BCUT2D eigenvalue weighted by atomic mass is 10.1. The summed E-state index contributed by atoms with van der Waals surface area (Å²) < 4.78 is 26.0. The van der Waals surface area contributed by atoms with Crippen molar-refractivity contribution >= 4 is 50.5 Å². The molecule has 0 radical (unpaired) electrons. The Balaban J connectivity index is 1.40. The molecule has 0 unspecified atom stereocenters. The number of anilines is 2. The molecule has 2 N–H and O–H groups in total. The van der Waals surface area contributed by atoms with Crippen molar-refractivity contribution in [3.05, 3.63) is 130 Å². The lowest BCUT2D eigenvalue weighted by molar-refractivity contribution is 0.0954. The van der Waals surface area contributed by atoms with Crippen LogP contribution in [0.3, 0.4) is 0 Å². The molecule has 0 fully saturated rings. The quantitative estimate of drug-likeness (QED) is 0.197. The molecule has 0 heterocycles. The largest absolute Gasteiger partial charge is 0.322 e. The number of halogens is 1. The number of hydrogen-bond acceptors (Lipinski definition) is 5. The summed E-state index contributed by atoms with van der Waals surface area (Å²) in [5.41, 5.74) is 6.44. The van der Waals surface area contributed by atoms with Crippen LogP contribution in [-0.2, 0) is 16.6 Å². The third-order valence-corrected chi connectivity index (χ3v) is 7.31. The molecule has 10 heteroatoms. The fourth-order valence-electron chi connectivity index (χ4n) is 3.84. The maximum atomic E-state index is 12.7. The fraction of sp³-hybridized carbons (Fsp3) is 0.100. The third kappa shape index (κ3) is 7.56. The number of hydrazone groups is 1. The van der Waals surface area contributed by atoms with Crippen LogP contribution in [0.25, 0.3) is 0 Å². The van der Waals surface area contributed by atoms with Gasteiger partial charge in [0, 0.05) is 21.8 Å². The zero-order chi connectivity index (χ0) is 28.7. The Hall–Kier alpha value is -4.47. The Morgan fingerprint density at radius 2 is 1.48 bits per heavy atom. The molecule has 40 heavy (non-hydrogen) atoms. The molecular formula is C30H27ClN4O4S. The number of benzene rings is 4. The van der Waals surface area contributed by atoms with Crippen LogP contribution in [0.1, 0.15) is 38.8 Å². The number of nitrogens with zero attached hydrogens (tertiary/aromatic N) is 2. The van der Waals surface area contributed by atoms with Crippen LogP contribution in [0.5, 0.6) is 0 Å². The van der Waals surface area contributed by atoms with Gasteiger partial charge in [-0.25, -0.2) is 13.8 Å². The Labute approximate surface area is 238 Å². The van der Waals surface area contributed by atoms with E-state index in [1.54, 1.807) is 97.9 Å². The van der Waals surface area contributed by atoms with Gasteiger partial charge in [0.15, 0.2) is 0 Å². The number of carbonyl (C=O) groups excluding carboxylic acids is 2. The van der Waals surface area contributed by atoms with Crippen molar-refractivity contribution in [1.82, 2.24) is 5.43 Å². The van der Waals surface area contributed by atoms with Gasteiger partial charge in [-0.15, -0.1) is 0 Å². The van der Waals surface area contributed by atoms with E-state index in [4.69, 9.17) is 11.6 Å². The number of carbonyl (C=O) groups is 2. The first-order valence-electron chi connectivity index (χ1n) is 12.2. The number of sulfonamides is 1. The van der Waals surface area contributed by atoms with E-state index in [2.05, 4.69) is 15.8 Å². The Morgan fingerprint density at radius 1 is 0.800 bits per heavy atom. The highest BCUT2D eigenvalue weighted by Crippen LogP contribution is 2.20. The highest BCUT2D eigenvalue weighted by molar-refractivity contribution is 7.92. The first-order valence-corrected chi connectivity index (χ1v) is 14.5. The van der Waals surface area contributed by atoms with Crippen LogP contribution in [-0.4, -0.2) is 32.2 Å². The minimum Gasteiger partial charge on any atom is -0.322 e. The van der Waals surface area contributed by atoms with Crippen molar-refractivity contribution in [3.63, 3.8) is 0 Å². The highest BCUT2D eigenvalue weighted by Gasteiger charge is 2.18. The molecule has 0 aromatic heterocycles. The zero-order valence-electron chi connectivity index (χ0n) is 21.8. The first kappa shape index (κ1) is 28.5. The van der Waals surface area contributed by atoms with Gasteiger partial charge in [0.05, 0.1) is 24.2 Å². The van der Waals surface area contributed by atoms with Gasteiger partial charge in [-0.3, -0.25) is 13.9 Å². The number of nitrogens with one attached hydrogen (secondary N) is 2. The smallest absolute Gasteiger partial charge is 0.271 e. The first-order chi connectivity index (χ1) is 19.1. The third-order valence-electron chi connectivity index (χ3n) is 5.94. The van der Waals surface area contributed by atoms with E-state index in [-0.39, 0.29) is 12.5 Å². The van der Waals surface area contributed by atoms with Gasteiger partial charge in [-0.1, -0.05) is 60.1 Å². The molecule has 4 rings (SSSR count). The van der Waals surface area contributed by atoms with Gasteiger partial charge in [0.25, 0.3) is 11.8 Å². The van der Waals surface area contributed by atoms with E-state index < -0.39 is 15.9 Å². The molecule has 0 atom stereocenters. The zero-order valence-corrected chi connectivity index (χ0v) is 23.4. The molecule has 0 aliphatic heterocycles. The number of rotatable bonds is 9. The molecule has 4 aromatic carbocycles. The standard InChI is InChI=1S/C30H27ClN4O4S/c1-21(24-8-7-11-27(19-24)32-29(36)25-9-6-10-26(31)18-25)33-34-30(37)23-16-14-22(15-17-23)20-35(40(2,38)39)28-12-4-3-5-13-28/h3-19H,20H2,1-2H3,(H,32,36)(H,34,37)/b33-21-. The second kappa shape index (κ2) is 12.6. The van der Waals surface area contributed by atoms with E-state index in [1.807, 2.05) is 12.1 Å². The summed E-state index contributed by atoms with van der Waals surface area (Å²) in [6.07, 6.45) is 1.16. The van der Waals surface area contributed by atoms with Crippen LogP contribution in [0.4, 0.5) is 11.4 Å². The normalized spacial score (nSPS) is 11.5. The number of hydrogen-bond donors (Lipinski definition) is 2. The average molecular weight is 575 g/mol. The predicted molar refractivity (Wildman–Crippen MR) is 159 cm³/mol. The highest BCUT2D eigenvalue weighted by atomic mass is 35.5. The van der Waals surface area contributed by atoms with E-state index in [0.717, 1.165) is 11.8 Å². The fourth-order valence-corrected chi connectivity index (χ4v) is 4.92. The van der Waals surface area contributed by atoms with Crippen LogP contribution in [0.2, 0.25) is 5.02 Å². The summed E-state index contributed by atoms with van der Waals surface area (Å²) in [5, 5.41) is 7.50. The lowest BCUT2D eigenvalue weighted by Gasteiger charge is -2.22. The molecule has 0 spiro atoms. The molecule has 0 aliphatic carbocycles. The van der Waals surface area contributed by atoms with Crippen molar-refractivity contribution in [3.8, 4) is 0 Å². The maximum Gasteiger partial charge on any atom is 0.271 e. The van der Waals surface area contributed by atoms with Crippen LogP contribution < -0.4 is 15.0 Å². The topological polar surface area (TPSA) is 108 Å². The van der Waals surface area contributed by atoms with E-state index in [0.29, 0.717) is 38.8 Å². The maximum absolute atomic E-state index is 12.7. The second-order valence-corrected chi connectivity index (χ2v) is 11.3. The average Bonchev–Trinajstić information content (AvgIpc) is 2.94. The van der Waals surface area contributed by atoms with E-state index in [1.165, 1.54) is 4.31 Å². The summed E-state index contributed by atoms with van der Waals surface area (Å²) in [5.74, 6) is -0.714. The van der Waals surface area contributed by atoms with Gasteiger partial charge in [0.2, 0.25) is 10.0 Å². The predicted octanol–water partition coefficient (Wildman–Crippen LogP) is 5.71. The Kier molecular flexibility index (Phi) is 8.98. The molecule has 0 bridgehead atoms.